The molecule has 0 unspecified atom stereocenters. The molecule has 0 saturated heterocycles. The number of hydrogen-bond acceptors (Lipinski definition) is 4. The van der Waals surface area contributed by atoms with E-state index in [-0.39, 0.29) is 29.3 Å². The minimum Gasteiger partial charge on any atom is -0.478 e. The van der Waals surface area contributed by atoms with Gasteiger partial charge in [0.25, 0.3) is 0 Å². The third-order valence-electron chi connectivity index (χ3n) is 2.17. The summed E-state index contributed by atoms with van der Waals surface area (Å²) in [7, 11) is 3.41. The van der Waals surface area contributed by atoms with Crippen LogP contribution in [0.5, 0.6) is 0 Å². The summed E-state index contributed by atoms with van der Waals surface area (Å²) in [5.41, 5.74) is -0.246. The molecule has 19 heavy (non-hydrogen) atoms. The number of nitrogens with one attached hydrogen (secondary N) is 1. The molecule has 3 N–H and O–H groups in total. The number of carboxylic acids is 2. The van der Waals surface area contributed by atoms with Gasteiger partial charge in [-0.05, 0) is 32.3 Å². The second-order valence-electron chi connectivity index (χ2n) is 4.20. The van der Waals surface area contributed by atoms with Crippen LogP contribution in [-0.4, -0.2) is 53.6 Å². The zero-order chi connectivity index (χ0) is 14.6. The van der Waals surface area contributed by atoms with E-state index < -0.39 is 11.9 Å². The van der Waals surface area contributed by atoms with Crippen molar-refractivity contribution in [3.8, 4) is 0 Å². The van der Waals surface area contributed by atoms with Gasteiger partial charge in [-0.1, -0.05) is 0 Å². The lowest BCUT2D eigenvalue weighted by Gasteiger charge is -2.11. The van der Waals surface area contributed by atoms with Gasteiger partial charge in [0.1, 0.15) is 0 Å². The molecule has 0 fully saturated rings. The standard InChI is InChI=1S/C12H14N2O5/c1-14(2)6-10(15)13-9-4-7(11(16)17)3-8(5-9)12(18)19/h3-5H,6H2,1-2H3,(H,13,15)(H,16,17)(H,18,19). The molecule has 0 heterocycles. The fraction of sp³-hybridized carbons (Fsp3) is 0.250. The van der Waals surface area contributed by atoms with Crippen molar-refractivity contribution in [1.29, 1.82) is 0 Å². The number of likely N-dealkylation sites (N-methyl/N-ethyl adjacent to an activating group) is 1. The maximum atomic E-state index is 11.5. The minimum absolute atomic E-state index is 0.111. The van der Waals surface area contributed by atoms with Crippen LogP contribution in [0.4, 0.5) is 5.69 Å². The van der Waals surface area contributed by atoms with E-state index in [4.69, 9.17) is 10.2 Å². The number of hydrogen-bond donors (Lipinski definition) is 3. The molecule has 1 amide bonds. The molecule has 0 bridgehead atoms. The summed E-state index contributed by atoms with van der Waals surface area (Å²) >= 11 is 0. The van der Waals surface area contributed by atoms with Gasteiger partial charge < -0.3 is 20.4 Å². The molecule has 0 aromatic heterocycles. The van der Waals surface area contributed by atoms with Crippen LogP contribution in [0, 0.1) is 0 Å². The summed E-state index contributed by atoms with van der Waals surface area (Å²) in [6, 6.07) is 3.46. The summed E-state index contributed by atoms with van der Waals surface area (Å²) in [6.45, 7) is 0.111. The Morgan fingerprint density at radius 2 is 1.53 bits per heavy atom. The van der Waals surface area contributed by atoms with Crippen molar-refractivity contribution in [2.75, 3.05) is 26.0 Å². The van der Waals surface area contributed by atoms with Crippen molar-refractivity contribution in [3.05, 3.63) is 29.3 Å². The zero-order valence-electron chi connectivity index (χ0n) is 10.5. The normalized spacial score (nSPS) is 10.3. The Morgan fingerprint density at radius 1 is 1.05 bits per heavy atom. The lowest BCUT2D eigenvalue weighted by atomic mass is 10.1. The average molecular weight is 266 g/mol. The van der Waals surface area contributed by atoms with E-state index in [2.05, 4.69) is 5.32 Å². The molecule has 0 aliphatic rings. The topological polar surface area (TPSA) is 107 Å². The number of nitrogens with zero attached hydrogens (tertiary/aromatic N) is 1. The van der Waals surface area contributed by atoms with Crippen molar-refractivity contribution in [3.63, 3.8) is 0 Å². The first-order chi connectivity index (χ1) is 8.79. The Hall–Kier alpha value is -2.41. The summed E-state index contributed by atoms with van der Waals surface area (Å²) in [6.07, 6.45) is 0. The third-order valence-corrected chi connectivity index (χ3v) is 2.17. The van der Waals surface area contributed by atoms with Gasteiger partial charge in [-0.3, -0.25) is 4.79 Å². The van der Waals surface area contributed by atoms with E-state index in [1.165, 1.54) is 12.1 Å². The molecule has 102 valence electrons. The van der Waals surface area contributed by atoms with Crippen LogP contribution in [0.2, 0.25) is 0 Å². The summed E-state index contributed by atoms with van der Waals surface area (Å²) < 4.78 is 0. The van der Waals surface area contributed by atoms with Gasteiger partial charge in [-0.15, -0.1) is 0 Å². The smallest absolute Gasteiger partial charge is 0.335 e. The molecule has 0 aliphatic heterocycles. The Morgan fingerprint density at radius 3 is 1.89 bits per heavy atom. The Bertz CT molecular complexity index is 493. The van der Waals surface area contributed by atoms with Crippen LogP contribution in [0.25, 0.3) is 0 Å². The first-order valence-electron chi connectivity index (χ1n) is 5.36. The molecule has 0 radical (unpaired) electrons. The predicted molar refractivity (Wildman–Crippen MR) is 67.5 cm³/mol. The molecular weight excluding hydrogens is 252 g/mol. The Kier molecular flexibility index (Phi) is 4.60. The number of carbonyl (C=O) groups excluding carboxylic acids is 1. The average Bonchev–Trinajstić information content (AvgIpc) is 2.26. The first kappa shape index (κ1) is 14.7. The number of carboxylic acid groups (broad SMARTS) is 2. The number of aromatic carboxylic acids is 2. The highest BCUT2D eigenvalue weighted by molar-refractivity contribution is 5.98. The second kappa shape index (κ2) is 5.96. The fourth-order valence-corrected chi connectivity index (χ4v) is 1.43. The van der Waals surface area contributed by atoms with Gasteiger partial charge in [-0.25, -0.2) is 9.59 Å². The van der Waals surface area contributed by atoms with Crippen molar-refractivity contribution < 1.29 is 24.6 Å². The SMILES string of the molecule is CN(C)CC(=O)Nc1cc(C(=O)O)cc(C(=O)O)c1. The fourth-order valence-electron chi connectivity index (χ4n) is 1.43. The molecule has 7 heteroatoms. The van der Waals surface area contributed by atoms with E-state index in [1.54, 1.807) is 19.0 Å². The van der Waals surface area contributed by atoms with Crippen molar-refractivity contribution in [2.45, 2.75) is 0 Å². The van der Waals surface area contributed by atoms with Crippen LogP contribution in [0.15, 0.2) is 18.2 Å². The van der Waals surface area contributed by atoms with Crippen LogP contribution in [0.3, 0.4) is 0 Å². The van der Waals surface area contributed by atoms with Crippen molar-refractivity contribution in [2.24, 2.45) is 0 Å². The summed E-state index contributed by atoms with van der Waals surface area (Å²) in [5.74, 6) is -2.87. The lowest BCUT2D eigenvalue weighted by Crippen LogP contribution is -2.27. The molecule has 0 aliphatic carbocycles. The van der Waals surface area contributed by atoms with E-state index in [0.29, 0.717) is 0 Å². The monoisotopic (exact) mass is 266 g/mol. The molecule has 0 spiro atoms. The molecular formula is C12H14N2O5. The molecule has 1 rings (SSSR count). The quantitative estimate of drug-likeness (QED) is 0.719. The number of anilines is 1. The molecule has 1 aromatic rings. The van der Waals surface area contributed by atoms with Gasteiger partial charge in [0.15, 0.2) is 0 Å². The highest BCUT2D eigenvalue weighted by atomic mass is 16.4. The van der Waals surface area contributed by atoms with Gasteiger partial charge >= 0.3 is 11.9 Å². The number of rotatable bonds is 5. The van der Waals surface area contributed by atoms with Crippen LogP contribution >= 0.6 is 0 Å². The zero-order valence-corrected chi connectivity index (χ0v) is 10.5. The first-order valence-corrected chi connectivity index (χ1v) is 5.36. The molecule has 1 aromatic carbocycles. The van der Waals surface area contributed by atoms with E-state index >= 15 is 0 Å². The highest BCUT2D eigenvalue weighted by Gasteiger charge is 2.13. The second-order valence-corrected chi connectivity index (χ2v) is 4.20. The Labute approximate surface area is 109 Å². The van der Waals surface area contributed by atoms with Crippen LogP contribution in [0.1, 0.15) is 20.7 Å². The summed E-state index contributed by atoms with van der Waals surface area (Å²) in [4.78, 5) is 34.9. The molecule has 7 nitrogen and oxygen atoms in total. The maximum absolute atomic E-state index is 11.5. The van der Waals surface area contributed by atoms with E-state index in [0.717, 1.165) is 6.07 Å². The van der Waals surface area contributed by atoms with Gasteiger partial charge in [-0.2, -0.15) is 0 Å². The third kappa shape index (κ3) is 4.40. The Balaban J connectivity index is 3.03. The van der Waals surface area contributed by atoms with E-state index in [1.807, 2.05) is 0 Å². The predicted octanol–water partition coefficient (Wildman–Crippen LogP) is 0.583. The van der Waals surface area contributed by atoms with Gasteiger partial charge in [0.2, 0.25) is 5.91 Å². The lowest BCUT2D eigenvalue weighted by molar-refractivity contribution is -0.116. The number of amides is 1. The number of carbonyl (C=O) groups is 3. The van der Waals surface area contributed by atoms with Crippen LogP contribution in [-0.2, 0) is 4.79 Å². The molecule has 0 atom stereocenters. The van der Waals surface area contributed by atoms with Crippen molar-refractivity contribution >= 4 is 23.5 Å². The number of benzene rings is 1. The summed E-state index contributed by atoms with van der Waals surface area (Å²) in [5, 5.41) is 20.2. The van der Waals surface area contributed by atoms with Crippen LogP contribution < -0.4 is 5.32 Å². The minimum atomic E-state index is -1.26. The van der Waals surface area contributed by atoms with E-state index in [9.17, 15) is 14.4 Å². The highest BCUT2D eigenvalue weighted by Crippen LogP contribution is 2.15. The van der Waals surface area contributed by atoms with Gasteiger partial charge in [0.05, 0.1) is 17.7 Å². The molecule has 0 saturated carbocycles. The van der Waals surface area contributed by atoms with Crippen molar-refractivity contribution in [1.82, 2.24) is 4.90 Å². The maximum Gasteiger partial charge on any atom is 0.335 e. The van der Waals surface area contributed by atoms with Gasteiger partial charge in [0, 0.05) is 5.69 Å². The largest absolute Gasteiger partial charge is 0.478 e.